The van der Waals surface area contributed by atoms with Gasteiger partial charge in [-0.25, -0.2) is 4.98 Å². The van der Waals surface area contributed by atoms with Crippen LogP contribution in [0.3, 0.4) is 0 Å². The Kier molecular flexibility index (Phi) is 5.54. The second-order valence-corrected chi connectivity index (χ2v) is 10.9. The standard InChI is InChI=1S/C29H38N4/c1-21-7-3-4-8-26(21)29(13-16-30-17-14-29)15-18-32-23-11-12-24(32)20-25(19-23)33-22(2)31-27-9-5-6-10-28(27)33/h3-10,23-25,30H,11-20H2,1-2H3. The fourth-order valence-electron chi connectivity index (χ4n) is 7.52. The lowest BCUT2D eigenvalue weighted by atomic mass is 9.69. The van der Waals surface area contributed by atoms with E-state index in [0.29, 0.717) is 11.5 Å². The highest BCUT2D eigenvalue weighted by molar-refractivity contribution is 5.76. The van der Waals surface area contributed by atoms with Gasteiger partial charge in [0.15, 0.2) is 0 Å². The summed E-state index contributed by atoms with van der Waals surface area (Å²) in [6, 6.07) is 19.9. The van der Waals surface area contributed by atoms with Crippen LogP contribution in [-0.4, -0.2) is 46.2 Å². The highest BCUT2D eigenvalue weighted by Crippen LogP contribution is 2.45. The third-order valence-corrected chi connectivity index (χ3v) is 9.12. The number of piperidine rings is 2. The molecule has 3 saturated heterocycles. The third-order valence-electron chi connectivity index (χ3n) is 9.12. The largest absolute Gasteiger partial charge is 0.325 e. The van der Waals surface area contributed by atoms with Crippen molar-refractivity contribution >= 4 is 11.0 Å². The first-order chi connectivity index (χ1) is 16.1. The third kappa shape index (κ3) is 3.72. The lowest BCUT2D eigenvalue weighted by molar-refractivity contribution is 0.0928. The van der Waals surface area contributed by atoms with E-state index in [1.54, 1.807) is 5.56 Å². The normalized spacial score (nSPS) is 27.3. The first-order valence-electron chi connectivity index (χ1n) is 13.1. The molecule has 2 aromatic carbocycles. The number of imidazole rings is 1. The predicted octanol–water partition coefficient (Wildman–Crippen LogP) is 5.53. The summed E-state index contributed by atoms with van der Waals surface area (Å²) in [5.41, 5.74) is 5.89. The van der Waals surface area contributed by atoms with Gasteiger partial charge in [-0.1, -0.05) is 36.4 Å². The van der Waals surface area contributed by atoms with Gasteiger partial charge in [0.25, 0.3) is 0 Å². The van der Waals surface area contributed by atoms with Crippen LogP contribution in [0.4, 0.5) is 0 Å². The number of benzene rings is 2. The van der Waals surface area contributed by atoms with Crippen LogP contribution in [-0.2, 0) is 5.41 Å². The van der Waals surface area contributed by atoms with E-state index in [0.717, 1.165) is 30.7 Å². The molecule has 6 rings (SSSR count). The second-order valence-electron chi connectivity index (χ2n) is 10.9. The maximum absolute atomic E-state index is 4.87. The fraction of sp³-hybridized carbons (Fsp3) is 0.552. The van der Waals surface area contributed by atoms with Gasteiger partial charge in [-0.2, -0.15) is 0 Å². The van der Waals surface area contributed by atoms with Crippen molar-refractivity contribution in [3.8, 4) is 0 Å². The fourth-order valence-corrected chi connectivity index (χ4v) is 7.52. The molecule has 0 amide bonds. The van der Waals surface area contributed by atoms with E-state index in [1.807, 2.05) is 0 Å². The van der Waals surface area contributed by atoms with Gasteiger partial charge in [0.05, 0.1) is 11.0 Å². The summed E-state index contributed by atoms with van der Waals surface area (Å²) >= 11 is 0. The summed E-state index contributed by atoms with van der Waals surface area (Å²) in [5.74, 6) is 1.18. The molecule has 0 radical (unpaired) electrons. The van der Waals surface area contributed by atoms with Crippen LogP contribution in [0, 0.1) is 13.8 Å². The Morgan fingerprint density at radius 3 is 2.36 bits per heavy atom. The molecule has 4 heterocycles. The number of fused-ring (bicyclic) bond motifs is 3. The molecule has 2 unspecified atom stereocenters. The summed E-state index contributed by atoms with van der Waals surface area (Å²) in [6.07, 6.45) is 9.11. The average molecular weight is 443 g/mol. The minimum Gasteiger partial charge on any atom is -0.325 e. The molecule has 3 aliphatic heterocycles. The van der Waals surface area contributed by atoms with E-state index < -0.39 is 0 Å². The highest BCUT2D eigenvalue weighted by atomic mass is 15.2. The number of nitrogens with zero attached hydrogens (tertiary/aromatic N) is 3. The van der Waals surface area contributed by atoms with Crippen LogP contribution in [0.2, 0.25) is 0 Å². The van der Waals surface area contributed by atoms with E-state index >= 15 is 0 Å². The SMILES string of the molecule is Cc1ccccc1C1(CCN2C3CCC2CC(n2c(C)nc4ccccc42)C3)CCNCC1. The van der Waals surface area contributed by atoms with Gasteiger partial charge in [0.2, 0.25) is 0 Å². The Balaban J connectivity index is 1.21. The molecular weight excluding hydrogens is 404 g/mol. The molecule has 33 heavy (non-hydrogen) atoms. The van der Waals surface area contributed by atoms with Crippen molar-refractivity contribution in [2.24, 2.45) is 0 Å². The number of aryl methyl sites for hydroxylation is 2. The summed E-state index contributed by atoms with van der Waals surface area (Å²) < 4.78 is 2.56. The van der Waals surface area contributed by atoms with E-state index in [2.05, 4.69) is 77.2 Å². The quantitative estimate of drug-likeness (QED) is 0.564. The molecule has 3 aliphatic rings. The molecule has 1 aromatic heterocycles. The molecule has 2 atom stereocenters. The number of para-hydroxylation sites is 2. The molecule has 0 saturated carbocycles. The first kappa shape index (κ1) is 21.4. The summed E-state index contributed by atoms with van der Waals surface area (Å²) in [6.45, 7) is 8.05. The van der Waals surface area contributed by atoms with E-state index in [-0.39, 0.29) is 0 Å². The maximum atomic E-state index is 4.87. The van der Waals surface area contributed by atoms with Gasteiger partial charge in [-0.05, 0) is 107 Å². The van der Waals surface area contributed by atoms with Gasteiger partial charge in [0, 0.05) is 18.1 Å². The zero-order valence-electron chi connectivity index (χ0n) is 20.3. The monoisotopic (exact) mass is 442 g/mol. The van der Waals surface area contributed by atoms with Crippen molar-refractivity contribution in [1.29, 1.82) is 0 Å². The Labute approximate surface area is 198 Å². The lowest BCUT2D eigenvalue weighted by Gasteiger charge is -2.44. The van der Waals surface area contributed by atoms with Crippen molar-refractivity contribution in [3.05, 3.63) is 65.5 Å². The van der Waals surface area contributed by atoms with Crippen molar-refractivity contribution in [2.75, 3.05) is 19.6 Å². The Hall–Kier alpha value is -2.17. The predicted molar refractivity (Wildman–Crippen MR) is 136 cm³/mol. The minimum atomic E-state index is 0.337. The Morgan fingerprint density at radius 1 is 0.909 bits per heavy atom. The van der Waals surface area contributed by atoms with Gasteiger partial charge in [0.1, 0.15) is 5.82 Å². The zero-order valence-corrected chi connectivity index (χ0v) is 20.3. The van der Waals surface area contributed by atoms with Crippen LogP contribution in [0.1, 0.15) is 67.9 Å². The summed E-state index contributed by atoms with van der Waals surface area (Å²) in [4.78, 5) is 7.78. The molecule has 3 fully saturated rings. The van der Waals surface area contributed by atoms with Gasteiger partial charge in [-0.15, -0.1) is 0 Å². The molecule has 4 nitrogen and oxygen atoms in total. The summed E-state index contributed by atoms with van der Waals surface area (Å²) in [5, 5.41) is 3.62. The first-order valence-corrected chi connectivity index (χ1v) is 13.1. The van der Waals surface area contributed by atoms with E-state index in [4.69, 9.17) is 4.98 Å². The molecule has 0 aliphatic carbocycles. The van der Waals surface area contributed by atoms with E-state index in [1.165, 1.54) is 68.4 Å². The van der Waals surface area contributed by atoms with Crippen molar-refractivity contribution < 1.29 is 0 Å². The molecule has 4 heteroatoms. The van der Waals surface area contributed by atoms with Crippen LogP contribution in [0.15, 0.2) is 48.5 Å². The second kappa shape index (κ2) is 8.56. The van der Waals surface area contributed by atoms with Gasteiger partial charge >= 0.3 is 0 Å². The number of rotatable bonds is 5. The van der Waals surface area contributed by atoms with Crippen LogP contribution in [0.25, 0.3) is 11.0 Å². The minimum absolute atomic E-state index is 0.337. The van der Waals surface area contributed by atoms with Crippen LogP contribution < -0.4 is 5.32 Å². The number of aromatic nitrogens is 2. The van der Waals surface area contributed by atoms with Crippen LogP contribution in [0.5, 0.6) is 0 Å². The van der Waals surface area contributed by atoms with Gasteiger partial charge < -0.3 is 9.88 Å². The molecule has 1 N–H and O–H groups in total. The topological polar surface area (TPSA) is 33.1 Å². The molecule has 174 valence electrons. The number of hydrogen-bond donors (Lipinski definition) is 1. The molecular formula is C29H38N4. The van der Waals surface area contributed by atoms with Crippen LogP contribution >= 0.6 is 0 Å². The van der Waals surface area contributed by atoms with Crippen molar-refractivity contribution in [3.63, 3.8) is 0 Å². The average Bonchev–Trinajstić information content (AvgIpc) is 3.29. The molecule has 2 bridgehead atoms. The van der Waals surface area contributed by atoms with E-state index in [9.17, 15) is 0 Å². The smallest absolute Gasteiger partial charge is 0.106 e. The molecule has 0 spiro atoms. The van der Waals surface area contributed by atoms with Crippen molar-refractivity contribution in [1.82, 2.24) is 19.8 Å². The Bertz CT molecular complexity index is 1110. The maximum Gasteiger partial charge on any atom is 0.106 e. The Morgan fingerprint density at radius 2 is 1.61 bits per heavy atom. The number of hydrogen-bond acceptors (Lipinski definition) is 3. The number of nitrogens with one attached hydrogen (secondary N) is 1. The summed E-state index contributed by atoms with van der Waals surface area (Å²) in [7, 11) is 0. The molecule has 3 aromatic rings. The highest BCUT2D eigenvalue weighted by Gasteiger charge is 2.43. The van der Waals surface area contributed by atoms with Gasteiger partial charge in [-0.3, -0.25) is 4.90 Å². The van der Waals surface area contributed by atoms with Crippen molar-refractivity contribution in [2.45, 2.75) is 82.3 Å². The zero-order chi connectivity index (χ0) is 22.4. The lowest BCUT2D eigenvalue weighted by Crippen LogP contribution is -2.47.